The van der Waals surface area contributed by atoms with E-state index < -0.39 is 0 Å². The van der Waals surface area contributed by atoms with Crippen LogP contribution in [0.4, 0.5) is 34.1 Å². The Morgan fingerprint density at radius 1 is 0.297 bits per heavy atom. The maximum Gasteiger partial charge on any atom is 0.0641 e. The number of nitrogens with zero attached hydrogens (tertiary/aromatic N) is 4. The minimum Gasteiger partial charge on any atom is -0.309 e. The highest BCUT2D eigenvalue weighted by Gasteiger charge is 2.29. The van der Waals surface area contributed by atoms with Gasteiger partial charge in [-0.25, -0.2) is 0 Å². The SMILES string of the molecule is CCc1cccc(N(c2ccccc2)c2ccc3c4cc5c(cc4n4c6ccccc6c2c34)c2ccc(N(c3ccccc3)c3cccc(CC)c3-c3ccccc3)c3c4ccccc4n5c23)c1-c1ccccc1. The van der Waals surface area contributed by atoms with Crippen molar-refractivity contribution in [2.24, 2.45) is 0 Å². The molecule has 11 aromatic carbocycles. The highest BCUT2D eigenvalue weighted by molar-refractivity contribution is 6.32. The second-order valence-electron chi connectivity index (χ2n) is 19.7. The van der Waals surface area contributed by atoms with Crippen LogP contribution in [0.3, 0.4) is 0 Å². The van der Waals surface area contributed by atoms with E-state index in [1.807, 2.05) is 0 Å². The molecule has 4 heterocycles. The molecule has 0 aliphatic heterocycles. The molecule has 0 aliphatic carbocycles. The first-order chi connectivity index (χ1) is 36.7. The molecule has 4 heteroatoms. The summed E-state index contributed by atoms with van der Waals surface area (Å²) < 4.78 is 5.12. The highest BCUT2D eigenvalue weighted by atomic mass is 15.2. The fraction of sp³-hybridized carbons (Fsp3) is 0.0571. The Hall–Kier alpha value is -9.38. The molecule has 0 amide bonds. The van der Waals surface area contributed by atoms with E-state index in [4.69, 9.17) is 0 Å². The summed E-state index contributed by atoms with van der Waals surface area (Å²) in [4.78, 5) is 5.02. The van der Waals surface area contributed by atoms with Crippen LogP contribution in [0.15, 0.2) is 243 Å². The van der Waals surface area contributed by atoms with Crippen LogP contribution in [0.5, 0.6) is 0 Å². The molecule has 0 atom stereocenters. The quantitative estimate of drug-likeness (QED) is 0.136. The zero-order valence-corrected chi connectivity index (χ0v) is 41.3. The fourth-order valence-electron chi connectivity index (χ4n) is 12.8. The molecule has 15 aromatic rings. The molecule has 4 aromatic heterocycles. The molecule has 0 aliphatic rings. The van der Waals surface area contributed by atoms with Gasteiger partial charge in [-0.2, -0.15) is 0 Å². The van der Waals surface area contributed by atoms with Gasteiger partial charge < -0.3 is 18.6 Å². The molecule has 74 heavy (non-hydrogen) atoms. The van der Waals surface area contributed by atoms with Crippen LogP contribution in [-0.4, -0.2) is 8.80 Å². The molecule has 0 saturated carbocycles. The van der Waals surface area contributed by atoms with Crippen molar-refractivity contribution in [3.05, 3.63) is 254 Å². The van der Waals surface area contributed by atoms with E-state index in [-0.39, 0.29) is 0 Å². The van der Waals surface area contributed by atoms with Gasteiger partial charge >= 0.3 is 0 Å². The summed E-state index contributed by atoms with van der Waals surface area (Å²) in [5.74, 6) is 0. The van der Waals surface area contributed by atoms with E-state index in [0.717, 1.165) is 35.6 Å². The van der Waals surface area contributed by atoms with Crippen LogP contribution in [0.1, 0.15) is 25.0 Å². The maximum atomic E-state index is 2.56. The molecule has 0 fully saturated rings. The summed E-state index contributed by atoms with van der Waals surface area (Å²) in [6.07, 6.45) is 1.85. The van der Waals surface area contributed by atoms with E-state index in [1.54, 1.807) is 0 Å². The summed E-state index contributed by atoms with van der Waals surface area (Å²) in [5.41, 5.74) is 21.9. The third-order valence-electron chi connectivity index (χ3n) is 15.9. The molecule has 0 radical (unpaired) electrons. The minimum absolute atomic E-state index is 0.926. The smallest absolute Gasteiger partial charge is 0.0641 e. The van der Waals surface area contributed by atoms with Gasteiger partial charge in [0.25, 0.3) is 0 Å². The van der Waals surface area contributed by atoms with Crippen LogP contribution in [0.25, 0.3) is 98.4 Å². The lowest BCUT2D eigenvalue weighted by Crippen LogP contribution is -2.12. The molecule has 0 spiro atoms. The zero-order valence-electron chi connectivity index (χ0n) is 41.3. The Balaban J connectivity index is 1.02. The Bertz CT molecular complexity index is 4310. The Morgan fingerprint density at radius 2 is 0.676 bits per heavy atom. The summed E-state index contributed by atoms with van der Waals surface area (Å²) in [5, 5.41) is 9.98. The second-order valence-corrected chi connectivity index (χ2v) is 19.7. The topological polar surface area (TPSA) is 15.3 Å². The van der Waals surface area contributed by atoms with Gasteiger partial charge in [0, 0.05) is 65.6 Å². The van der Waals surface area contributed by atoms with Gasteiger partial charge in [-0.15, -0.1) is 0 Å². The lowest BCUT2D eigenvalue weighted by molar-refractivity contribution is 1.14. The van der Waals surface area contributed by atoms with Crippen LogP contribution in [0, 0.1) is 0 Å². The van der Waals surface area contributed by atoms with Crippen molar-refractivity contribution in [3.8, 4) is 22.3 Å². The van der Waals surface area contributed by atoms with Gasteiger partial charge in [0.1, 0.15) is 0 Å². The number of fused-ring (bicyclic) bond motifs is 12. The van der Waals surface area contributed by atoms with Gasteiger partial charge in [-0.05, 0) is 108 Å². The normalized spacial score (nSPS) is 12.0. The monoisotopic (exact) mass is 946 g/mol. The van der Waals surface area contributed by atoms with Gasteiger partial charge in [0.2, 0.25) is 0 Å². The van der Waals surface area contributed by atoms with Crippen molar-refractivity contribution < 1.29 is 0 Å². The van der Waals surface area contributed by atoms with Crippen molar-refractivity contribution in [2.75, 3.05) is 9.80 Å². The Labute approximate surface area is 429 Å². The Morgan fingerprint density at radius 3 is 1.08 bits per heavy atom. The number of benzene rings is 11. The summed E-state index contributed by atoms with van der Waals surface area (Å²) in [7, 11) is 0. The largest absolute Gasteiger partial charge is 0.309 e. The van der Waals surface area contributed by atoms with Crippen molar-refractivity contribution in [2.45, 2.75) is 26.7 Å². The summed E-state index contributed by atoms with van der Waals surface area (Å²) in [6.45, 7) is 4.53. The number of aromatic nitrogens is 2. The number of anilines is 6. The molecular formula is C70H50N4. The summed E-state index contributed by atoms with van der Waals surface area (Å²) in [6, 6.07) is 90.0. The lowest BCUT2D eigenvalue weighted by atomic mass is 9.94. The predicted molar refractivity (Wildman–Crippen MR) is 315 cm³/mol. The van der Waals surface area contributed by atoms with Gasteiger partial charge in [-0.1, -0.05) is 184 Å². The second kappa shape index (κ2) is 16.6. The number of hydrogen-bond donors (Lipinski definition) is 0. The third-order valence-corrected chi connectivity index (χ3v) is 15.9. The van der Waals surface area contributed by atoms with E-state index in [2.05, 4.69) is 275 Å². The lowest BCUT2D eigenvalue weighted by Gasteiger charge is -2.30. The zero-order chi connectivity index (χ0) is 49.0. The Kier molecular flexibility index (Phi) is 9.49. The van der Waals surface area contributed by atoms with Crippen LogP contribution in [-0.2, 0) is 12.8 Å². The van der Waals surface area contributed by atoms with E-state index in [9.17, 15) is 0 Å². The fourth-order valence-corrected chi connectivity index (χ4v) is 12.8. The molecule has 0 N–H and O–H groups in total. The highest BCUT2D eigenvalue weighted by Crippen LogP contribution is 2.53. The van der Waals surface area contributed by atoms with Gasteiger partial charge in [-0.3, -0.25) is 0 Å². The van der Waals surface area contributed by atoms with E-state index in [0.29, 0.717) is 0 Å². The van der Waals surface area contributed by atoms with Crippen molar-refractivity contribution in [1.29, 1.82) is 0 Å². The molecule has 0 unspecified atom stereocenters. The van der Waals surface area contributed by atoms with Gasteiger partial charge in [0.15, 0.2) is 0 Å². The first kappa shape index (κ1) is 42.3. The van der Waals surface area contributed by atoms with Crippen LogP contribution < -0.4 is 9.80 Å². The number of para-hydroxylation sites is 4. The maximum absolute atomic E-state index is 2.56. The number of hydrogen-bond acceptors (Lipinski definition) is 2. The predicted octanol–water partition coefficient (Wildman–Crippen LogP) is 19.4. The van der Waals surface area contributed by atoms with E-state index >= 15 is 0 Å². The standard InChI is InChI=1S/C70H50N4/c1-3-45-27-21-37-59(65(45)47-23-9-5-10-24-47)71(49-29-13-7-14-30-49)61-41-39-51-55-43-64-56(44-63(55)73-57-35-19-17-33-53(57)67(61)69(51)73)52-40-42-62(68-54-34-18-20-36-58(54)74(64)70(52)68)72(50-31-15-8-16-32-50)60-38-22-28-46(4-2)66(60)48-25-11-6-12-26-48/h5-44H,3-4H2,1-2H3. The van der Waals surface area contributed by atoms with Crippen LogP contribution in [0.2, 0.25) is 0 Å². The molecule has 0 saturated heterocycles. The molecular weight excluding hydrogens is 897 g/mol. The first-order valence-electron chi connectivity index (χ1n) is 26.1. The average molecular weight is 947 g/mol. The average Bonchev–Trinajstić information content (AvgIpc) is 4.20. The number of aryl methyl sites for hydroxylation is 2. The van der Waals surface area contributed by atoms with E-state index in [1.165, 1.54) is 121 Å². The third kappa shape index (κ3) is 6.03. The van der Waals surface area contributed by atoms with Gasteiger partial charge in [0.05, 0.1) is 55.8 Å². The molecule has 350 valence electrons. The van der Waals surface area contributed by atoms with Crippen LogP contribution >= 0.6 is 0 Å². The minimum atomic E-state index is 0.926. The van der Waals surface area contributed by atoms with Crippen molar-refractivity contribution >= 4 is 110 Å². The molecule has 4 nitrogen and oxygen atoms in total. The number of rotatable bonds is 10. The molecule has 15 rings (SSSR count). The summed E-state index contributed by atoms with van der Waals surface area (Å²) >= 11 is 0. The first-order valence-corrected chi connectivity index (χ1v) is 26.1. The van der Waals surface area contributed by atoms with Crippen molar-refractivity contribution in [3.63, 3.8) is 0 Å². The van der Waals surface area contributed by atoms with Crippen molar-refractivity contribution in [1.82, 2.24) is 8.80 Å². The molecule has 0 bridgehead atoms.